The first-order valence-corrected chi connectivity index (χ1v) is 12.8. The van der Waals surface area contributed by atoms with Gasteiger partial charge in [-0.1, -0.05) is 6.07 Å². The maximum atomic E-state index is 13.4. The number of methoxy groups -OCH3 is 2. The third-order valence-electron chi connectivity index (χ3n) is 5.97. The van der Waals surface area contributed by atoms with Crippen LogP contribution in [0, 0.1) is 0 Å². The summed E-state index contributed by atoms with van der Waals surface area (Å²) in [4.78, 5) is 28.1. The highest BCUT2D eigenvalue weighted by molar-refractivity contribution is 6.46. The molecule has 1 N–H and O–H groups in total. The van der Waals surface area contributed by atoms with Crippen molar-refractivity contribution in [2.45, 2.75) is 46.3 Å². The molecule has 2 aromatic rings. The molecule has 0 saturated carbocycles. The molecule has 0 spiro atoms. The van der Waals surface area contributed by atoms with Crippen molar-refractivity contribution < 1.29 is 38.4 Å². The first kappa shape index (κ1) is 28.8. The maximum absolute atomic E-state index is 13.4. The zero-order chi connectivity index (χ0) is 27.8. The molecule has 1 unspecified atom stereocenters. The van der Waals surface area contributed by atoms with Crippen molar-refractivity contribution in [3.8, 4) is 23.0 Å². The van der Waals surface area contributed by atoms with Crippen molar-refractivity contribution in [3.05, 3.63) is 53.1 Å². The summed E-state index contributed by atoms with van der Waals surface area (Å²) in [5.74, 6) is 0.104. The number of likely N-dealkylation sites (tertiary alicyclic amines) is 1. The predicted octanol–water partition coefficient (Wildman–Crippen LogP) is 4.74. The molecule has 206 valence electrons. The number of ketones is 1. The lowest BCUT2D eigenvalue weighted by atomic mass is 9.94. The van der Waals surface area contributed by atoms with Crippen LogP contribution in [0.4, 0.5) is 0 Å². The molecule has 1 fully saturated rings. The van der Waals surface area contributed by atoms with Gasteiger partial charge in [0.15, 0.2) is 11.5 Å². The Balaban J connectivity index is 2.20. The van der Waals surface area contributed by atoms with Gasteiger partial charge in [0.25, 0.3) is 11.7 Å². The molecule has 1 atom stereocenters. The van der Waals surface area contributed by atoms with Crippen molar-refractivity contribution >= 4 is 17.4 Å². The van der Waals surface area contributed by atoms with Crippen LogP contribution in [0.3, 0.4) is 0 Å². The lowest BCUT2D eigenvalue weighted by Crippen LogP contribution is -2.31. The number of hydrogen-bond donors (Lipinski definition) is 1. The van der Waals surface area contributed by atoms with Gasteiger partial charge in [0, 0.05) is 26.3 Å². The number of hydrogen-bond acceptors (Lipinski definition) is 8. The largest absolute Gasteiger partial charge is 0.507 e. The molecule has 3 rings (SSSR count). The Morgan fingerprint density at radius 1 is 0.974 bits per heavy atom. The minimum atomic E-state index is -0.852. The van der Waals surface area contributed by atoms with Crippen LogP contribution >= 0.6 is 0 Å². The van der Waals surface area contributed by atoms with Crippen LogP contribution in [-0.4, -0.2) is 68.4 Å². The Kier molecular flexibility index (Phi) is 10.0. The standard InChI is InChI=1S/C29H37NO8/c1-7-36-20-11-12-21(23(17-20)37-8-2)27(31)25-26(30(14-9-15-34-5)29(33)28(25)32)19-10-13-22(38-18(3)4)24(16-19)35-6/h10-13,16-18,26,31H,7-9,14-15H2,1-6H3/b27-25+. The first-order valence-electron chi connectivity index (χ1n) is 12.8. The second-order valence-corrected chi connectivity index (χ2v) is 8.94. The Morgan fingerprint density at radius 3 is 2.34 bits per heavy atom. The molecule has 38 heavy (non-hydrogen) atoms. The number of Topliss-reactive ketones (excluding diaryl/α,β-unsaturated/α-hetero) is 1. The van der Waals surface area contributed by atoms with Crippen LogP contribution in [0.15, 0.2) is 42.0 Å². The van der Waals surface area contributed by atoms with E-state index in [1.807, 2.05) is 27.7 Å². The Hall–Kier alpha value is -3.72. The number of amides is 1. The molecule has 0 aromatic heterocycles. The smallest absolute Gasteiger partial charge is 0.295 e. The van der Waals surface area contributed by atoms with Crippen molar-refractivity contribution in [3.63, 3.8) is 0 Å². The minimum absolute atomic E-state index is 0.0305. The molecule has 2 aromatic carbocycles. The summed E-state index contributed by atoms with van der Waals surface area (Å²) in [6.07, 6.45) is 0.435. The number of aliphatic hydroxyl groups is 1. The minimum Gasteiger partial charge on any atom is -0.507 e. The van der Waals surface area contributed by atoms with E-state index in [9.17, 15) is 14.7 Å². The number of benzene rings is 2. The van der Waals surface area contributed by atoms with Crippen LogP contribution in [0.2, 0.25) is 0 Å². The van der Waals surface area contributed by atoms with Crippen LogP contribution in [-0.2, 0) is 14.3 Å². The number of aliphatic hydroxyl groups excluding tert-OH is 1. The number of carbonyl (C=O) groups excluding carboxylic acids is 2. The van der Waals surface area contributed by atoms with E-state index in [1.54, 1.807) is 43.5 Å². The quantitative estimate of drug-likeness (QED) is 0.172. The van der Waals surface area contributed by atoms with E-state index in [1.165, 1.54) is 12.0 Å². The van der Waals surface area contributed by atoms with Gasteiger partial charge < -0.3 is 33.7 Å². The van der Waals surface area contributed by atoms with Crippen molar-refractivity contribution in [2.24, 2.45) is 0 Å². The van der Waals surface area contributed by atoms with E-state index in [0.717, 1.165) is 0 Å². The highest BCUT2D eigenvalue weighted by atomic mass is 16.5. The zero-order valence-corrected chi connectivity index (χ0v) is 22.9. The van der Waals surface area contributed by atoms with Crippen LogP contribution in [0.5, 0.6) is 23.0 Å². The average molecular weight is 528 g/mol. The van der Waals surface area contributed by atoms with Gasteiger partial charge in [-0.2, -0.15) is 0 Å². The SMILES string of the molecule is CCOc1ccc(/C(O)=C2\C(=O)C(=O)N(CCCOC)C2c2ccc(OC(C)C)c(OC)c2)c(OCC)c1. The van der Waals surface area contributed by atoms with Gasteiger partial charge in [-0.15, -0.1) is 0 Å². The number of rotatable bonds is 13. The number of nitrogens with zero attached hydrogens (tertiary/aromatic N) is 1. The molecule has 0 radical (unpaired) electrons. The number of carbonyl (C=O) groups is 2. The molecule has 9 heteroatoms. The maximum Gasteiger partial charge on any atom is 0.295 e. The fraction of sp³-hybridized carbons (Fsp3) is 0.448. The van der Waals surface area contributed by atoms with E-state index < -0.39 is 17.7 Å². The van der Waals surface area contributed by atoms with Crippen LogP contribution in [0.25, 0.3) is 5.76 Å². The Bertz CT molecular complexity index is 1170. The summed E-state index contributed by atoms with van der Waals surface area (Å²) in [6, 6.07) is 9.36. The van der Waals surface area contributed by atoms with Gasteiger partial charge in [0.1, 0.15) is 17.3 Å². The fourth-order valence-electron chi connectivity index (χ4n) is 4.42. The highest BCUT2D eigenvalue weighted by Gasteiger charge is 2.46. The second kappa shape index (κ2) is 13.2. The lowest BCUT2D eigenvalue weighted by molar-refractivity contribution is -0.140. The van der Waals surface area contributed by atoms with Gasteiger partial charge in [-0.25, -0.2) is 0 Å². The van der Waals surface area contributed by atoms with E-state index in [0.29, 0.717) is 60.4 Å². The second-order valence-electron chi connectivity index (χ2n) is 8.94. The molecular weight excluding hydrogens is 490 g/mol. The van der Waals surface area contributed by atoms with Crippen molar-refractivity contribution in [2.75, 3.05) is 40.6 Å². The topological polar surface area (TPSA) is 104 Å². The molecule has 0 bridgehead atoms. The molecule has 1 aliphatic heterocycles. The third kappa shape index (κ3) is 6.22. The fourth-order valence-corrected chi connectivity index (χ4v) is 4.42. The van der Waals surface area contributed by atoms with Gasteiger partial charge in [-0.3, -0.25) is 9.59 Å². The summed E-state index contributed by atoms with van der Waals surface area (Å²) in [6.45, 7) is 8.96. The molecule has 1 heterocycles. The van der Waals surface area contributed by atoms with E-state index >= 15 is 0 Å². The van der Waals surface area contributed by atoms with Crippen molar-refractivity contribution in [1.29, 1.82) is 0 Å². The molecule has 0 aliphatic carbocycles. The van der Waals surface area contributed by atoms with Gasteiger partial charge in [-0.05, 0) is 63.9 Å². The molecule has 1 amide bonds. The first-order chi connectivity index (χ1) is 18.3. The predicted molar refractivity (Wildman–Crippen MR) is 143 cm³/mol. The zero-order valence-electron chi connectivity index (χ0n) is 22.9. The molecule has 1 aliphatic rings. The van der Waals surface area contributed by atoms with Gasteiger partial charge >= 0.3 is 0 Å². The molecule has 9 nitrogen and oxygen atoms in total. The van der Waals surface area contributed by atoms with E-state index in [-0.39, 0.29) is 24.0 Å². The summed E-state index contributed by atoms with van der Waals surface area (Å²) in [7, 11) is 3.10. The third-order valence-corrected chi connectivity index (χ3v) is 5.97. The van der Waals surface area contributed by atoms with E-state index in [4.69, 9.17) is 23.7 Å². The average Bonchev–Trinajstić information content (AvgIpc) is 3.14. The monoisotopic (exact) mass is 527 g/mol. The van der Waals surface area contributed by atoms with Crippen LogP contribution in [0.1, 0.15) is 51.3 Å². The van der Waals surface area contributed by atoms with Crippen LogP contribution < -0.4 is 18.9 Å². The lowest BCUT2D eigenvalue weighted by Gasteiger charge is -2.26. The molecule has 1 saturated heterocycles. The van der Waals surface area contributed by atoms with Crippen molar-refractivity contribution in [1.82, 2.24) is 4.90 Å². The van der Waals surface area contributed by atoms with Gasteiger partial charge in [0.05, 0.1) is 43.6 Å². The Labute approximate surface area is 223 Å². The molecular formula is C29H37NO8. The van der Waals surface area contributed by atoms with E-state index in [2.05, 4.69) is 0 Å². The van der Waals surface area contributed by atoms with Gasteiger partial charge in [0.2, 0.25) is 0 Å². The summed E-state index contributed by atoms with van der Waals surface area (Å²) < 4.78 is 27.9. The summed E-state index contributed by atoms with van der Waals surface area (Å²) >= 11 is 0. The normalized spacial score (nSPS) is 16.7. The summed E-state index contributed by atoms with van der Waals surface area (Å²) in [5.41, 5.74) is 0.860. The number of ether oxygens (including phenoxy) is 5. The highest BCUT2D eigenvalue weighted by Crippen LogP contribution is 2.43. The summed E-state index contributed by atoms with van der Waals surface area (Å²) in [5, 5.41) is 11.5. The Morgan fingerprint density at radius 2 is 1.71 bits per heavy atom.